The van der Waals surface area contributed by atoms with Gasteiger partial charge in [-0.1, -0.05) is 41.9 Å². The number of carbonyl (C=O) groups is 2. The number of benzene rings is 3. The van der Waals surface area contributed by atoms with Crippen molar-refractivity contribution >= 4 is 34.8 Å². The summed E-state index contributed by atoms with van der Waals surface area (Å²) in [6.07, 6.45) is 3.08. The Morgan fingerprint density at radius 3 is 2.30 bits per heavy atom. The summed E-state index contributed by atoms with van der Waals surface area (Å²) in [7, 11) is 0. The van der Waals surface area contributed by atoms with E-state index in [0.717, 1.165) is 41.8 Å². The Hall–Kier alpha value is -3.15. The van der Waals surface area contributed by atoms with Crippen LogP contribution < -0.4 is 9.80 Å². The number of halogens is 1. The summed E-state index contributed by atoms with van der Waals surface area (Å²) in [5.74, 6) is -0.114. The summed E-state index contributed by atoms with van der Waals surface area (Å²) in [6.45, 7) is 7.25. The predicted octanol–water partition coefficient (Wildman–Crippen LogP) is 6.97. The van der Waals surface area contributed by atoms with Crippen LogP contribution in [0.15, 0.2) is 72.8 Å². The Balaban J connectivity index is 1.60. The fourth-order valence-electron chi connectivity index (χ4n) is 5.20. The lowest BCUT2D eigenvalue weighted by atomic mass is 9.89. The number of amides is 2. The van der Waals surface area contributed by atoms with Gasteiger partial charge in [-0.15, -0.1) is 0 Å². The molecular weight excluding hydrogens is 484 g/mol. The number of hydrogen-bond acceptors (Lipinski definition) is 3. The molecule has 1 N–H and O–H groups in total. The van der Waals surface area contributed by atoms with Crippen molar-refractivity contribution in [1.82, 2.24) is 0 Å². The number of aliphatic hydroxyl groups is 1. The second-order valence-electron chi connectivity index (χ2n) is 10.6. The third-order valence-electron chi connectivity index (χ3n) is 6.99. The fourth-order valence-corrected chi connectivity index (χ4v) is 5.32. The monoisotopic (exact) mass is 518 g/mol. The van der Waals surface area contributed by atoms with Crippen molar-refractivity contribution in [3.05, 3.63) is 94.5 Å². The number of nitrogens with zero attached hydrogens (tertiary/aromatic N) is 2. The van der Waals surface area contributed by atoms with Gasteiger partial charge in [0.05, 0.1) is 11.6 Å². The summed E-state index contributed by atoms with van der Waals surface area (Å²) in [5.41, 5.74) is 3.66. The predicted molar refractivity (Wildman–Crippen MR) is 150 cm³/mol. The molecule has 0 unspecified atom stereocenters. The van der Waals surface area contributed by atoms with Gasteiger partial charge in [-0.05, 0) is 100 Å². The van der Waals surface area contributed by atoms with Crippen LogP contribution in [0.1, 0.15) is 74.5 Å². The van der Waals surface area contributed by atoms with Gasteiger partial charge in [0, 0.05) is 34.9 Å². The van der Waals surface area contributed by atoms with Crippen molar-refractivity contribution in [3.63, 3.8) is 0 Å². The highest BCUT2D eigenvalue weighted by molar-refractivity contribution is 6.30. The van der Waals surface area contributed by atoms with Crippen molar-refractivity contribution in [1.29, 1.82) is 0 Å². The topological polar surface area (TPSA) is 60.9 Å². The van der Waals surface area contributed by atoms with E-state index in [4.69, 9.17) is 11.6 Å². The van der Waals surface area contributed by atoms with E-state index in [-0.39, 0.29) is 23.9 Å². The SMILES string of the molecule is CC(=O)N(c1ccc(Cl)cc1)[C@@H]1C[C@H](C)N(C(=O)c2ccc(CCCC(C)(C)O)cc2)c2ccccc21. The maximum absolute atomic E-state index is 13.7. The summed E-state index contributed by atoms with van der Waals surface area (Å²) in [6, 6.07) is 22.6. The second-order valence-corrected chi connectivity index (χ2v) is 11.0. The number of aryl methyl sites for hydroxylation is 1. The van der Waals surface area contributed by atoms with E-state index in [0.29, 0.717) is 17.0 Å². The maximum Gasteiger partial charge on any atom is 0.258 e. The van der Waals surface area contributed by atoms with Crippen molar-refractivity contribution in [2.24, 2.45) is 0 Å². The highest BCUT2D eigenvalue weighted by atomic mass is 35.5. The molecule has 0 aromatic heterocycles. The van der Waals surface area contributed by atoms with Crippen LogP contribution in [-0.2, 0) is 11.2 Å². The molecule has 1 aliphatic rings. The fraction of sp³-hybridized carbons (Fsp3) is 0.355. The third-order valence-corrected chi connectivity index (χ3v) is 7.24. The molecule has 3 aromatic carbocycles. The Labute approximate surface area is 224 Å². The van der Waals surface area contributed by atoms with Crippen LogP contribution in [0.5, 0.6) is 0 Å². The molecule has 0 fully saturated rings. The first-order chi connectivity index (χ1) is 17.5. The van der Waals surface area contributed by atoms with E-state index in [1.807, 2.05) is 86.3 Å². The first kappa shape index (κ1) is 26.9. The zero-order chi connectivity index (χ0) is 26.7. The minimum absolute atomic E-state index is 0.0534. The molecule has 0 spiro atoms. The molecule has 0 saturated heterocycles. The molecule has 0 aliphatic carbocycles. The number of anilines is 2. The molecule has 6 heteroatoms. The van der Waals surface area contributed by atoms with E-state index in [1.165, 1.54) is 0 Å². The molecule has 4 rings (SSSR count). The standard InChI is InChI=1S/C31H35ClN2O3/c1-21-20-29(34(22(2)35)26-17-15-25(32)16-18-26)27-9-5-6-10-28(27)33(21)30(36)24-13-11-23(12-14-24)8-7-19-31(3,4)37/h5-6,9-18,21,29,37H,7-8,19-20H2,1-4H3/t21-,29+/m0/s1. The van der Waals surface area contributed by atoms with Gasteiger partial charge in [0.2, 0.25) is 5.91 Å². The Bertz CT molecular complexity index is 1250. The summed E-state index contributed by atoms with van der Waals surface area (Å²) >= 11 is 6.09. The molecule has 2 atom stereocenters. The Morgan fingerprint density at radius 2 is 1.68 bits per heavy atom. The van der Waals surface area contributed by atoms with E-state index in [2.05, 4.69) is 0 Å². The van der Waals surface area contributed by atoms with Crippen LogP contribution in [0.25, 0.3) is 0 Å². The number of rotatable bonds is 7. The quantitative estimate of drug-likeness (QED) is 0.367. The lowest BCUT2D eigenvalue weighted by molar-refractivity contribution is -0.117. The number of hydrogen-bond donors (Lipinski definition) is 1. The number of para-hydroxylation sites is 1. The highest BCUT2D eigenvalue weighted by Gasteiger charge is 2.38. The van der Waals surface area contributed by atoms with Crippen LogP contribution in [0.4, 0.5) is 11.4 Å². The van der Waals surface area contributed by atoms with Gasteiger partial charge in [-0.25, -0.2) is 0 Å². The van der Waals surface area contributed by atoms with Gasteiger partial charge in [0.25, 0.3) is 5.91 Å². The van der Waals surface area contributed by atoms with Gasteiger partial charge in [-0.2, -0.15) is 0 Å². The van der Waals surface area contributed by atoms with Crippen molar-refractivity contribution in [3.8, 4) is 0 Å². The van der Waals surface area contributed by atoms with E-state index < -0.39 is 5.60 Å². The number of carbonyl (C=O) groups excluding carboxylic acids is 2. The zero-order valence-electron chi connectivity index (χ0n) is 21.9. The van der Waals surface area contributed by atoms with Crippen molar-refractivity contribution < 1.29 is 14.7 Å². The zero-order valence-corrected chi connectivity index (χ0v) is 22.7. The van der Waals surface area contributed by atoms with Crippen LogP contribution in [0.2, 0.25) is 5.02 Å². The molecule has 2 amide bonds. The summed E-state index contributed by atoms with van der Waals surface area (Å²) < 4.78 is 0. The first-order valence-corrected chi connectivity index (χ1v) is 13.2. The Kier molecular flexibility index (Phi) is 8.05. The van der Waals surface area contributed by atoms with Crippen LogP contribution in [-0.4, -0.2) is 28.6 Å². The van der Waals surface area contributed by atoms with Crippen LogP contribution >= 0.6 is 11.6 Å². The lowest BCUT2D eigenvalue weighted by Gasteiger charge is -2.43. The molecule has 5 nitrogen and oxygen atoms in total. The summed E-state index contributed by atoms with van der Waals surface area (Å²) in [5, 5.41) is 10.6. The maximum atomic E-state index is 13.7. The molecule has 37 heavy (non-hydrogen) atoms. The minimum atomic E-state index is -0.670. The molecular formula is C31H35ClN2O3. The van der Waals surface area contributed by atoms with Gasteiger partial charge in [0.1, 0.15) is 0 Å². The molecule has 3 aromatic rings. The van der Waals surface area contributed by atoms with Gasteiger partial charge in [0.15, 0.2) is 0 Å². The van der Waals surface area contributed by atoms with Crippen molar-refractivity contribution in [2.75, 3.05) is 9.80 Å². The normalized spacial score (nSPS) is 17.3. The molecule has 0 saturated carbocycles. The van der Waals surface area contributed by atoms with E-state index in [9.17, 15) is 14.7 Å². The molecule has 0 bridgehead atoms. The largest absolute Gasteiger partial charge is 0.390 e. The van der Waals surface area contributed by atoms with Crippen LogP contribution in [0, 0.1) is 0 Å². The summed E-state index contributed by atoms with van der Waals surface area (Å²) in [4.78, 5) is 30.2. The van der Waals surface area contributed by atoms with Gasteiger partial charge in [-0.3, -0.25) is 9.59 Å². The van der Waals surface area contributed by atoms with Gasteiger partial charge >= 0.3 is 0 Å². The number of fused-ring (bicyclic) bond motifs is 1. The lowest BCUT2D eigenvalue weighted by Crippen LogP contribution is -2.47. The average Bonchev–Trinajstić information content (AvgIpc) is 2.84. The average molecular weight is 519 g/mol. The Morgan fingerprint density at radius 1 is 1.03 bits per heavy atom. The van der Waals surface area contributed by atoms with Crippen LogP contribution in [0.3, 0.4) is 0 Å². The molecule has 0 radical (unpaired) electrons. The second kappa shape index (κ2) is 11.1. The molecule has 194 valence electrons. The first-order valence-electron chi connectivity index (χ1n) is 12.8. The van der Waals surface area contributed by atoms with Gasteiger partial charge < -0.3 is 14.9 Å². The van der Waals surface area contributed by atoms with E-state index in [1.54, 1.807) is 24.0 Å². The van der Waals surface area contributed by atoms with E-state index >= 15 is 0 Å². The highest BCUT2D eigenvalue weighted by Crippen LogP contribution is 2.42. The van der Waals surface area contributed by atoms with Crippen molar-refractivity contribution in [2.45, 2.75) is 71.1 Å². The molecule has 1 heterocycles. The third kappa shape index (κ3) is 6.23. The smallest absolute Gasteiger partial charge is 0.258 e. The molecule has 1 aliphatic heterocycles. The minimum Gasteiger partial charge on any atom is -0.390 e.